The minimum Gasteiger partial charge on any atom is -0.323 e. The van der Waals surface area contributed by atoms with Crippen LogP contribution in [0, 0.1) is 0 Å². The maximum Gasteiger partial charge on any atom is 0.189 e. The van der Waals surface area contributed by atoms with Gasteiger partial charge in [-0.3, -0.25) is 10.1 Å². The van der Waals surface area contributed by atoms with Crippen LogP contribution >= 0.6 is 0 Å². The number of anilines is 2. The van der Waals surface area contributed by atoms with E-state index in [1.807, 2.05) is 14.0 Å². The molecule has 0 aliphatic heterocycles. The maximum atomic E-state index is 4.56. The van der Waals surface area contributed by atoms with Crippen LogP contribution in [0.4, 0.5) is 11.6 Å². The van der Waals surface area contributed by atoms with Gasteiger partial charge in [-0.2, -0.15) is 5.10 Å². The molecule has 2 heterocycles. The summed E-state index contributed by atoms with van der Waals surface area (Å²) in [4.78, 5) is 8.91. The number of nitrogens with zero attached hydrogens (tertiary/aromatic N) is 3. The standard InChI is InChI=1S/C13H20BN5Si/c1-20(2,3)10-7-15-13(14)17-12(10)16-11-6-9(18-19-11)8-4-5-8/h6-8H,4-5,14H2,1-3H3,(H2,15,16,17,18,19). The van der Waals surface area contributed by atoms with Gasteiger partial charge in [-0.05, 0) is 18.0 Å². The predicted octanol–water partition coefficient (Wildman–Crippen LogP) is 0.624. The molecule has 0 spiro atoms. The molecule has 1 saturated carbocycles. The number of H-pyrrole nitrogens is 1. The Morgan fingerprint density at radius 3 is 2.75 bits per heavy atom. The van der Waals surface area contributed by atoms with Gasteiger partial charge in [0, 0.05) is 23.9 Å². The van der Waals surface area contributed by atoms with Crippen molar-refractivity contribution in [2.75, 3.05) is 5.32 Å². The molecular weight excluding hydrogens is 265 g/mol. The third kappa shape index (κ3) is 2.77. The highest BCUT2D eigenvalue weighted by molar-refractivity contribution is 6.89. The van der Waals surface area contributed by atoms with E-state index >= 15 is 0 Å². The van der Waals surface area contributed by atoms with Crippen molar-refractivity contribution in [3.05, 3.63) is 18.0 Å². The lowest BCUT2D eigenvalue weighted by molar-refractivity contribution is 0.966. The van der Waals surface area contributed by atoms with E-state index in [2.05, 4.69) is 51.2 Å². The van der Waals surface area contributed by atoms with Gasteiger partial charge in [0.15, 0.2) is 13.7 Å². The first-order valence-corrected chi connectivity index (χ1v) is 10.6. The van der Waals surface area contributed by atoms with E-state index in [-0.39, 0.29) is 0 Å². The van der Waals surface area contributed by atoms with Gasteiger partial charge < -0.3 is 5.32 Å². The lowest BCUT2D eigenvalue weighted by Gasteiger charge is -2.20. The second-order valence-corrected chi connectivity index (χ2v) is 11.6. The molecule has 1 aliphatic carbocycles. The average Bonchev–Trinajstić information content (AvgIpc) is 3.09. The fourth-order valence-corrected chi connectivity index (χ4v) is 3.52. The van der Waals surface area contributed by atoms with Crippen LogP contribution in [0.15, 0.2) is 12.3 Å². The van der Waals surface area contributed by atoms with Crippen LogP contribution in [-0.2, 0) is 0 Å². The second-order valence-electron chi connectivity index (χ2n) is 6.54. The first kappa shape index (κ1) is 13.4. The molecule has 2 N–H and O–H groups in total. The highest BCUT2D eigenvalue weighted by Gasteiger charge is 2.26. The Morgan fingerprint density at radius 2 is 2.10 bits per heavy atom. The van der Waals surface area contributed by atoms with Crippen LogP contribution in [0.3, 0.4) is 0 Å². The van der Waals surface area contributed by atoms with Crippen LogP contribution in [0.25, 0.3) is 0 Å². The van der Waals surface area contributed by atoms with E-state index in [4.69, 9.17) is 0 Å². The van der Waals surface area contributed by atoms with Crippen molar-refractivity contribution in [1.82, 2.24) is 20.2 Å². The van der Waals surface area contributed by atoms with Gasteiger partial charge >= 0.3 is 0 Å². The Labute approximate surface area is 121 Å². The number of rotatable bonds is 4. The lowest BCUT2D eigenvalue weighted by Crippen LogP contribution is -2.41. The van der Waals surface area contributed by atoms with Gasteiger partial charge in [0.05, 0.1) is 13.8 Å². The summed E-state index contributed by atoms with van der Waals surface area (Å²) in [6.07, 6.45) is 4.51. The third-order valence-corrected chi connectivity index (χ3v) is 5.56. The van der Waals surface area contributed by atoms with Crippen molar-refractivity contribution in [1.29, 1.82) is 0 Å². The fraction of sp³-hybridized carbons (Fsp3) is 0.462. The molecule has 20 heavy (non-hydrogen) atoms. The summed E-state index contributed by atoms with van der Waals surface area (Å²) in [5, 5.41) is 12.1. The minimum absolute atomic E-state index is 0.682. The summed E-state index contributed by atoms with van der Waals surface area (Å²) in [6, 6.07) is 2.10. The quantitative estimate of drug-likeness (QED) is 0.808. The molecule has 104 valence electrons. The smallest absolute Gasteiger partial charge is 0.189 e. The number of aromatic amines is 1. The van der Waals surface area contributed by atoms with Crippen molar-refractivity contribution in [2.24, 2.45) is 0 Å². The van der Waals surface area contributed by atoms with E-state index in [0.717, 1.165) is 17.4 Å². The first-order valence-electron chi connectivity index (χ1n) is 7.10. The van der Waals surface area contributed by atoms with Crippen molar-refractivity contribution in [2.45, 2.75) is 38.4 Å². The van der Waals surface area contributed by atoms with Crippen LogP contribution in [0.5, 0.6) is 0 Å². The lowest BCUT2D eigenvalue weighted by atomic mass is 10.1. The third-order valence-electron chi connectivity index (χ3n) is 3.58. The van der Waals surface area contributed by atoms with Crippen LogP contribution in [0.1, 0.15) is 24.5 Å². The van der Waals surface area contributed by atoms with Crippen molar-refractivity contribution in [3.63, 3.8) is 0 Å². The molecule has 1 fully saturated rings. The molecule has 0 unspecified atom stereocenters. The molecule has 0 radical (unpaired) electrons. The number of hydrogen-bond acceptors (Lipinski definition) is 4. The first-order chi connectivity index (χ1) is 9.43. The normalized spacial score (nSPS) is 15.3. The van der Waals surface area contributed by atoms with E-state index in [0.29, 0.717) is 5.92 Å². The Balaban J connectivity index is 1.90. The van der Waals surface area contributed by atoms with Gasteiger partial charge in [-0.15, -0.1) is 0 Å². The molecule has 0 bridgehead atoms. The zero-order valence-corrected chi connectivity index (χ0v) is 13.5. The summed E-state index contributed by atoms with van der Waals surface area (Å²) in [6.45, 7) is 6.89. The molecule has 3 rings (SSSR count). The molecule has 0 aromatic carbocycles. The second kappa shape index (κ2) is 4.73. The van der Waals surface area contributed by atoms with Gasteiger partial charge in [0.25, 0.3) is 0 Å². The number of nitrogens with one attached hydrogen (secondary N) is 2. The average molecular weight is 285 g/mol. The van der Waals surface area contributed by atoms with Gasteiger partial charge in [-0.1, -0.05) is 19.6 Å². The topological polar surface area (TPSA) is 66.5 Å². The van der Waals surface area contributed by atoms with Crippen LogP contribution in [-0.4, -0.2) is 36.1 Å². The molecule has 2 aromatic rings. The Kier molecular flexibility index (Phi) is 3.16. The van der Waals surface area contributed by atoms with Crippen molar-refractivity contribution >= 4 is 38.5 Å². The summed E-state index contributed by atoms with van der Waals surface area (Å²) in [5.41, 5.74) is 2.01. The van der Waals surface area contributed by atoms with Crippen molar-refractivity contribution in [3.8, 4) is 0 Å². The SMILES string of the molecule is Bc1ncc([Si](C)(C)C)c(Nc2cc(C3CC3)[nH]n2)n1. The molecule has 2 aromatic heterocycles. The van der Waals surface area contributed by atoms with E-state index in [1.54, 1.807) is 0 Å². The van der Waals surface area contributed by atoms with Crippen LogP contribution in [0.2, 0.25) is 19.6 Å². The Hall–Kier alpha value is -1.63. The largest absolute Gasteiger partial charge is 0.323 e. The molecule has 0 atom stereocenters. The maximum absolute atomic E-state index is 4.56. The number of hydrogen-bond donors (Lipinski definition) is 2. The molecule has 1 aliphatic rings. The van der Waals surface area contributed by atoms with Crippen LogP contribution < -0.4 is 16.2 Å². The van der Waals surface area contributed by atoms with E-state index < -0.39 is 8.07 Å². The Morgan fingerprint density at radius 1 is 1.35 bits per heavy atom. The summed E-state index contributed by atoms with van der Waals surface area (Å²) in [5.74, 6) is 2.44. The molecular formula is C13H20BN5Si. The van der Waals surface area contributed by atoms with Gasteiger partial charge in [0.1, 0.15) is 5.82 Å². The molecule has 0 amide bonds. The van der Waals surface area contributed by atoms with Crippen molar-refractivity contribution < 1.29 is 0 Å². The fourth-order valence-electron chi connectivity index (χ4n) is 2.24. The summed E-state index contributed by atoms with van der Waals surface area (Å²) >= 11 is 0. The summed E-state index contributed by atoms with van der Waals surface area (Å²) < 4.78 is 0. The number of aromatic nitrogens is 4. The van der Waals surface area contributed by atoms with Gasteiger partial charge in [0.2, 0.25) is 0 Å². The van der Waals surface area contributed by atoms with Gasteiger partial charge in [-0.25, -0.2) is 4.98 Å². The molecule has 5 nitrogen and oxygen atoms in total. The molecule has 0 saturated heterocycles. The van der Waals surface area contributed by atoms with E-state index in [1.165, 1.54) is 23.7 Å². The molecule has 7 heteroatoms. The Bertz CT molecular complexity index is 630. The zero-order chi connectivity index (χ0) is 14.3. The zero-order valence-electron chi connectivity index (χ0n) is 12.5. The van der Waals surface area contributed by atoms with E-state index in [9.17, 15) is 0 Å². The summed E-state index contributed by atoms with van der Waals surface area (Å²) in [7, 11) is 0.433. The monoisotopic (exact) mass is 285 g/mol. The highest BCUT2D eigenvalue weighted by Crippen LogP contribution is 2.39. The minimum atomic E-state index is -1.48. The highest BCUT2D eigenvalue weighted by atomic mass is 28.3. The predicted molar refractivity (Wildman–Crippen MR) is 87.0 cm³/mol.